The van der Waals surface area contributed by atoms with Crippen LogP contribution < -0.4 is 0 Å². The highest BCUT2D eigenvalue weighted by molar-refractivity contribution is 5.09. The van der Waals surface area contributed by atoms with E-state index in [4.69, 9.17) is 0 Å². The van der Waals surface area contributed by atoms with Gasteiger partial charge in [-0.2, -0.15) is 0 Å². The van der Waals surface area contributed by atoms with Crippen molar-refractivity contribution in [1.29, 1.82) is 0 Å². The van der Waals surface area contributed by atoms with Crippen LogP contribution in [-0.2, 0) is 0 Å². The Kier molecular flexibility index (Phi) is 6.75. The van der Waals surface area contributed by atoms with E-state index in [1.807, 2.05) is 13.8 Å². The van der Waals surface area contributed by atoms with E-state index >= 15 is 0 Å². The minimum atomic E-state index is 0.681. The van der Waals surface area contributed by atoms with Gasteiger partial charge in [-0.15, -0.1) is 0 Å². The molecule has 27 heavy (non-hydrogen) atoms. The Labute approximate surface area is 171 Å². The fraction of sp³-hybridized carbons (Fsp3) is 1.00. The zero-order chi connectivity index (χ0) is 19.8. The number of hydrogen-bond donors (Lipinski definition) is 0. The van der Waals surface area contributed by atoms with Gasteiger partial charge in [-0.25, -0.2) is 0 Å². The molecule has 0 saturated heterocycles. The third kappa shape index (κ3) is 3.54. The van der Waals surface area contributed by atoms with Gasteiger partial charge >= 0.3 is 0 Å². The van der Waals surface area contributed by atoms with Gasteiger partial charge < -0.3 is 0 Å². The normalized spacial score (nSPS) is 49.9. The fourth-order valence-corrected chi connectivity index (χ4v) is 9.10. The lowest BCUT2D eigenvalue weighted by Crippen LogP contribution is -2.53. The summed E-state index contributed by atoms with van der Waals surface area (Å²) in [6.45, 7) is 16.9. The second kappa shape index (κ2) is 8.39. The third-order valence-corrected chi connectivity index (χ3v) is 10.4. The molecule has 0 radical (unpaired) electrons. The average molecular weight is 375 g/mol. The van der Waals surface area contributed by atoms with Crippen LogP contribution in [0.15, 0.2) is 0 Å². The molecule has 0 heterocycles. The fourth-order valence-electron chi connectivity index (χ4n) is 9.10. The highest BCUT2D eigenvalue weighted by Gasteiger charge is 2.60. The lowest BCUT2D eigenvalue weighted by molar-refractivity contribution is -0.120. The van der Waals surface area contributed by atoms with Gasteiger partial charge in [0.25, 0.3) is 0 Å². The van der Waals surface area contributed by atoms with Gasteiger partial charge in [-0.3, -0.25) is 0 Å². The van der Waals surface area contributed by atoms with E-state index in [9.17, 15) is 0 Å². The molecule has 4 rings (SSSR count). The molecule has 0 spiro atoms. The minimum absolute atomic E-state index is 0.681. The second-order valence-electron chi connectivity index (χ2n) is 11.5. The summed E-state index contributed by atoms with van der Waals surface area (Å²) in [5.41, 5.74) is 1.38. The molecule has 4 aliphatic carbocycles. The molecular formula is C27H50. The smallest absolute Gasteiger partial charge is 0.0264 e. The summed E-state index contributed by atoms with van der Waals surface area (Å²) in [6, 6.07) is 0. The highest BCUT2D eigenvalue weighted by atomic mass is 14.6. The van der Waals surface area contributed by atoms with Gasteiger partial charge in [-0.05, 0) is 104 Å². The first-order valence-electron chi connectivity index (χ1n) is 12.9. The van der Waals surface area contributed by atoms with Crippen molar-refractivity contribution in [3.8, 4) is 0 Å². The molecule has 7 unspecified atom stereocenters. The van der Waals surface area contributed by atoms with Crippen molar-refractivity contribution < 1.29 is 0 Å². The van der Waals surface area contributed by atoms with Crippen molar-refractivity contribution >= 4 is 0 Å². The van der Waals surface area contributed by atoms with E-state index in [1.54, 1.807) is 44.9 Å². The van der Waals surface area contributed by atoms with Crippen LogP contribution in [0.3, 0.4) is 0 Å². The van der Waals surface area contributed by atoms with Crippen molar-refractivity contribution in [2.75, 3.05) is 0 Å². The van der Waals surface area contributed by atoms with Gasteiger partial charge in [0.1, 0.15) is 0 Å². The Morgan fingerprint density at radius 3 is 2.22 bits per heavy atom. The topological polar surface area (TPSA) is 0 Å². The van der Waals surface area contributed by atoms with Crippen LogP contribution in [0, 0.1) is 52.3 Å². The summed E-state index contributed by atoms with van der Waals surface area (Å²) in [4.78, 5) is 0. The van der Waals surface area contributed by atoms with E-state index < -0.39 is 0 Å². The quantitative estimate of drug-likeness (QED) is 0.463. The van der Waals surface area contributed by atoms with Crippen molar-refractivity contribution in [1.82, 2.24) is 0 Å². The largest absolute Gasteiger partial charge is 0.0683 e. The van der Waals surface area contributed by atoms with Crippen LogP contribution in [0.2, 0.25) is 0 Å². The van der Waals surface area contributed by atoms with E-state index in [0.29, 0.717) is 10.8 Å². The number of rotatable bonds is 3. The number of hydrogen-bond acceptors (Lipinski definition) is 0. The Bertz CT molecular complexity index is 480. The average Bonchev–Trinajstić information content (AvgIpc) is 3.01. The molecule has 9 atom stereocenters. The predicted octanol–water partition coefficient (Wildman–Crippen LogP) is 8.74. The van der Waals surface area contributed by atoms with Gasteiger partial charge in [0.05, 0.1) is 0 Å². The van der Waals surface area contributed by atoms with Crippen molar-refractivity contribution in [2.24, 2.45) is 52.3 Å². The second-order valence-corrected chi connectivity index (χ2v) is 11.5. The summed E-state index contributed by atoms with van der Waals surface area (Å²) in [5, 5.41) is 0. The van der Waals surface area contributed by atoms with Crippen molar-refractivity contribution in [3.05, 3.63) is 0 Å². The van der Waals surface area contributed by atoms with Gasteiger partial charge in [-0.1, -0.05) is 67.7 Å². The number of fused-ring (bicyclic) bond motifs is 5. The van der Waals surface area contributed by atoms with Crippen molar-refractivity contribution in [3.63, 3.8) is 0 Å². The van der Waals surface area contributed by atoms with E-state index in [0.717, 1.165) is 41.4 Å². The maximum Gasteiger partial charge on any atom is -0.0264 e. The Morgan fingerprint density at radius 2 is 1.52 bits per heavy atom. The van der Waals surface area contributed by atoms with Crippen LogP contribution in [0.25, 0.3) is 0 Å². The molecular weight excluding hydrogens is 324 g/mol. The van der Waals surface area contributed by atoms with Crippen molar-refractivity contribution in [2.45, 2.75) is 119 Å². The molecule has 0 nitrogen and oxygen atoms in total. The molecule has 0 N–H and O–H groups in total. The monoisotopic (exact) mass is 374 g/mol. The molecule has 4 aliphatic rings. The van der Waals surface area contributed by atoms with Gasteiger partial charge in [0.2, 0.25) is 0 Å². The molecule has 0 aliphatic heterocycles. The Balaban J connectivity index is 0.00000102. The van der Waals surface area contributed by atoms with Crippen LogP contribution in [0.5, 0.6) is 0 Å². The molecule has 158 valence electrons. The van der Waals surface area contributed by atoms with E-state index in [2.05, 4.69) is 34.6 Å². The first kappa shape index (κ1) is 21.7. The molecule has 4 saturated carbocycles. The minimum Gasteiger partial charge on any atom is -0.0683 e. The molecule has 0 aromatic carbocycles. The summed E-state index contributed by atoms with van der Waals surface area (Å²) < 4.78 is 0. The molecule has 0 aromatic rings. The molecule has 4 fully saturated rings. The molecule has 0 amide bonds. The maximum atomic E-state index is 2.73. The van der Waals surface area contributed by atoms with E-state index in [1.165, 1.54) is 25.7 Å². The third-order valence-electron chi connectivity index (χ3n) is 10.4. The molecule has 0 aromatic heterocycles. The molecule has 0 heteroatoms. The van der Waals surface area contributed by atoms with E-state index in [-0.39, 0.29) is 0 Å². The van der Waals surface area contributed by atoms with Crippen LogP contribution in [0.4, 0.5) is 0 Å². The summed E-state index contributed by atoms with van der Waals surface area (Å²) >= 11 is 0. The standard InChI is InChI=1S/C25H44.C2H6/c1-6-7-18(3)21-10-11-22-20-9-8-19-16-17(2)12-14-24(19,4)23(20)13-15-25(21,22)5;1-2/h17-23H,6-16H2,1-5H3;1-2H3/t17-,18-,19?,20?,21?,22?,23?,24?,25?;/m1./s1. The Hall–Kier alpha value is 0. The van der Waals surface area contributed by atoms with Gasteiger partial charge in [0, 0.05) is 0 Å². The van der Waals surface area contributed by atoms with Crippen LogP contribution in [-0.4, -0.2) is 0 Å². The summed E-state index contributed by atoms with van der Waals surface area (Å²) in [7, 11) is 0. The summed E-state index contributed by atoms with van der Waals surface area (Å²) in [6.07, 6.45) is 16.8. The SMILES string of the molecule is CC.CCC[C@@H](C)C1CCC2C3CCC4C[C@H](C)CCC4(C)C3CCC21C. The first-order chi connectivity index (χ1) is 12.9. The molecule has 0 bridgehead atoms. The lowest BCUT2D eigenvalue weighted by atomic mass is 9.44. The zero-order valence-electron chi connectivity index (χ0n) is 19.8. The zero-order valence-corrected chi connectivity index (χ0v) is 19.8. The lowest BCUT2D eigenvalue weighted by Gasteiger charge is -2.61. The first-order valence-corrected chi connectivity index (χ1v) is 12.9. The maximum absolute atomic E-state index is 2.73. The van der Waals surface area contributed by atoms with Gasteiger partial charge in [0.15, 0.2) is 0 Å². The van der Waals surface area contributed by atoms with Crippen LogP contribution >= 0.6 is 0 Å². The highest BCUT2D eigenvalue weighted by Crippen LogP contribution is 2.68. The Morgan fingerprint density at radius 1 is 0.852 bits per heavy atom. The summed E-state index contributed by atoms with van der Waals surface area (Å²) in [5.74, 6) is 7.23. The van der Waals surface area contributed by atoms with Crippen LogP contribution in [0.1, 0.15) is 119 Å². The predicted molar refractivity (Wildman–Crippen MR) is 120 cm³/mol.